The summed E-state index contributed by atoms with van der Waals surface area (Å²) in [4.78, 5) is 46.2. The Bertz CT molecular complexity index is 1520. The van der Waals surface area contributed by atoms with E-state index in [9.17, 15) is 14.4 Å². The molecule has 10 nitrogen and oxygen atoms in total. The largest absolute Gasteiger partial charge is 0.460 e. The van der Waals surface area contributed by atoms with Gasteiger partial charge in [-0.1, -0.05) is 53.4 Å². The van der Waals surface area contributed by atoms with Gasteiger partial charge in [0, 0.05) is 30.8 Å². The fourth-order valence-corrected chi connectivity index (χ4v) is 7.11. The molecule has 1 spiro atoms. The SMILES string of the molecule is CC(=O)OC(C)(C)C.CCCC(CC)(CCC(C)CC)Nc1cc[nH]c(=O)c1C(N)=Nc1ccc(C(=O)N2CCOC3(CCCC3)C2)c(C)c1. The number of amides is 1. The van der Waals surface area contributed by atoms with E-state index in [1.54, 1.807) is 6.20 Å². The smallest absolute Gasteiger partial charge is 0.303 e. The molecule has 10 heteroatoms. The number of hydrogen-bond acceptors (Lipinski definition) is 7. The van der Waals surface area contributed by atoms with Crippen LogP contribution in [0.3, 0.4) is 0 Å². The predicted molar refractivity (Wildman–Crippen MR) is 203 cm³/mol. The van der Waals surface area contributed by atoms with Gasteiger partial charge in [0.15, 0.2) is 0 Å². The van der Waals surface area contributed by atoms with Crippen LogP contribution >= 0.6 is 0 Å². The highest BCUT2D eigenvalue weighted by molar-refractivity contribution is 6.03. The Hall–Kier alpha value is -3.66. The van der Waals surface area contributed by atoms with E-state index in [4.69, 9.17) is 15.2 Å². The molecule has 0 bridgehead atoms. The summed E-state index contributed by atoms with van der Waals surface area (Å²) in [5, 5.41) is 3.75. The van der Waals surface area contributed by atoms with Crippen LogP contribution in [0.4, 0.5) is 11.4 Å². The summed E-state index contributed by atoms with van der Waals surface area (Å²) >= 11 is 0. The third kappa shape index (κ3) is 11.4. The lowest BCUT2D eigenvalue weighted by Crippen LogP contribution is -2.52. The van der Waals surface area contributed by atoms with E-state index in [0.29, 0.717) is 48.1 Å². The summed E-state index contributed by atoms with van der Waals surface area (Å²) in [7, 11) is 0. The van der Waals surface area contributed by atoms with Crippen LogP contribution in [0.5, 0.6) is 0 Å². The van der Waals surface area contributed by atoms with Gasteiger partial charge in [-0.15, -0.1) is 0 Å². The molecule has 1 aromatic heterocycles. The molecule has 4 N–H and O–H groups in total. The molecule has 1 aliphatic carbocycles. The Morgan fingerprint density at radius 3 is 2.40 bits per heavy atom. The molecular formula is C40H63N5O5. The van der Waals surface area contributed by atoms with Crippen molar-refractivity contribution >= 4 is 29.1 Å². The number of nitrogens with two attached hydrogens (primary N) is 1. The first-order valence-electron chi connectivity index (χ1n) is 18.6. The monoisotopic (exact) mass is 693 g/mol. The number of amidine groups is 1. The number of benzene rings is 1. The van der Waals surface area contributed by atoms with Gasteiger partial charge in [0.2, 0.25) is 0 Å². The van der Waals surface area contributed by atoms with Crippen LogP contribution in [0.1, 0.15) is 141 Å². The normalized spacial score (nSPS) is 17.8. The molecule has 2 aromatic rings. The van der Waals surface area contributed by atoms with Gasteiger partial charge in [0.05, 0.1) is 30.1 Å². The molecule has 2 fully saturated rings. The number of hydrogen-bond donors (Lipinski definition) is 3. The Morgan fingerprint density at radius 2 is 1.84 bits per heavy atom. The van der Waals surface area contributed by atoms with Gasteiger partial charge in [-0.3, -0.25) is 14.4 Å². The molecule has 50 heavy (non-hydrogen) atoms. The second kappa shape index (κ2) is 18.0. The maximum Gasteiger partial charge on any atom is 0.303 e. The van der Waals surface area contributed by atoms with Crippen LogP contribution in [0.15, 0.2) is 40.2 Å². The first-order valence-corrected chi connectivity index (χ1v) is 18.6. The zero-order valence-electron chi connectivity index (χ0n) is 32.2. The molecule has 4 rings (SSSR count). The van der Waals surface area contributed by atoms with Crippen molar-refractivity contribution in [3.8, 4) is 0 Å². The Morgan fingerprint density at radius 1 is 1.14 bits per heavy atom. The molecule has 2 heterocycles. The number of nitrogens with one attached hydrogen (secondary N) is 2. The number of aliphatic imine (C=N–C) groups is 1. The van der Waals surface area contributed by atoms with E-state index in [1.807, 2.05) is 56.9 Å². The van der Waals surface area contributed by atoms with Crippen LogP contribution in [-0.2, 0) is 14.3 Å². The minimum atomic E-state index is -0.328. The Balaban J connectivity index is 0.000000753. The standard InChI is InChI=1S/C34H51N5O3.C6H12O2/c1-6-15-33(8-3,18-13-24(4)7-2)38-28-14-19-36-31(40)29(28)30(35)37-26-11-12-27(25(5)22-26)32(41)39-20-21-42-34(23-39)16-9-10-17-34;1-5(7)8-6(2,3)4/h11-12,14,19,22,24H,6-10,13,15-18,20-21,23H2,1-5H3,(H2,35,37)(H2,36,38,40);1-4H3. The molecule has 0 radical (unpaired) electrons. The van der Waals surface area contributed by atoms with Crippen molar-refractivity contribution in [3.05, 3.63) is 57.5 Å². The number of carbonyl (C=O) groups is 2. The van der Waals surface area contributed by atoms with Gasteiger partial charge in [0.1, 0.15) is 17.0 Å². The highest BCUT2D eigenvalue weighted by Crippen LogP contribution is 2.36. The second-order valence-electron chi connectivity index (χ2n) is 15.3. The predicted octanol–water partition coefficient (Wildman–Crippen LogP) is 8.04. The summed E-state index contributed by atoms with van der Waals surface area (Å²) in [6.45, 7) is 19.6. The fourth-order valence-electron chi connectivity index (χ4n) is 7.11. The molecule has 1 saturated heterocycles. The number of aromatic nitrogens is 1. The highest BCUT2D eigenvalue weighted by Gasteiger charge is 2.41. The topological polar surface area (TPSA) is 139 Å². The number of aromatic amines is 1. The number of aryl methyl sites for hydroxylation is 1. The lowest BCUT2D eigenvalue weighted by Gasteiger charge is -2.40. The van der Waals surface area contributed by atoms with E-state index in [1.165, 1.54) is 6.92 Å². The number of esters is 1. The van der Waals surface area contributed by atoms with Crippen molar-refractivity contribution in [2.24, 2.45) is 16.6 Å². The summed E-state index contributed by atoms with van der Waals surface area (Å²) in [5.41, 5.74) is 8.79. The van der Waals surface area contributed by atoms with Gasteiger partial charge >= 0.3 is 5.97 Å². The Kier molecular flexibility index (Phi) is 14.7. The Labute approximate surface area is 300 Å². The van der Waals surface area contributed by atoms with Crippen molar-refractivity contribution in [3.63, 3.8) is 0 Å². The van der Waals surface area contributed by atoms with Crippen LogP contribution in [0.25, 0.3) is 0 Å². The molecule has 1 saturated carbocycles. The number of rotatable bonds is 12. The third-order valence-corrected chi connectivity index (χ3v) is 10.0. The van der Waals surface area contributed by atoms with Crippen molar-refractivity contribution in [2.75, 3.05) is 25.0 Å². The lowest BCUT2D eigenvalue weighted by atomic mass is 9.82. The van der Waals surface area contributed by atoms with E-state index in [-0.39, 0.29) is 40.0 Å². The van der Waals surface area contributed by atoms with Gasteiger partial charge in [-0.2, -0.15) is 0 Å². The number of H-pyrrole nitrogens is 1. The molecular weight excluding hydrogens is 630 g/mol. The first kappa shape index (κ1) is 40.8. The average molecular weight is 694 g/mol. The van der Waals surface area contributed by atoms with Crippen molar-refractivity contribution in [1.82, 2.24) is 9.88 Å². The van der Waals surface area contributed by atoms with Crippen molar-refractivity contribution in [1.29, 1.82) is 0 Å². The van der Waals surface area contributed by atoms with Crippen molar-refractivity contribution in [2.45, 2.75) is 143 Å². The van der Waals surface area contributed by atoms with Crippen LogP contribution in [0.2, 0.25) is 0 Å². The van der Waals surface area contributed by atoms with Gasteiger partial charge in [-0.25, -0.2) is 4.99 Å². The molecule has 1 aromatic carbocycles. The highest BCUT2D eigenvalue weighted by atomic mass is 16.6. The summed E-state index contributed by atoms with van der Waals surface area (Å²) < 4.78 is 10.9. The minimum Gasteiger partial charge on any atom is -0.460 e. The summed E-state index contributed by atoms with van der Waals surface area (Å²) in [5.74, 6) is 0.598. The van der Waals surface area contributed by atoms with Gasteiger partial charge in [0.25, 0.3) is 11.5 Å². The maximum atomic E-state index is 13.5. The first-order chi connectivity index (χ1) is 23.6. The molecule has 2 unspecified atom stereocenters. The van der Waals surface area contributed by atoms with Gasteiger partial charge in [-0.05, 0) is 102 Å². The average Bonchev–Trinajstić information content (AvgIpc) is 3.49. The zero-order chi connectivity index (χ0) is 37.1. The number of carbonyl (C=O) groups excluding carboxylic acids is 2. The number of morpholine rings is 1. The van der Waals surface area contributed by atoms with E-state index >= 15 is 0 Å². The number of pyridine rings is 1. The second-order valence-corrected chi connectivity index (χ2v) is 15.3. The summed E-state index contributed by atoms with van der Waals surface area (Å²) in [6.07, 6.45) is 12.3. The molecule has 278 valence electrons. The minimum absolute atomic E-state index is 0.0285. The molecule has 2 atom stereocenters. The van der Waals surface area contributed by atoms with Gasteiger partial charge < -0.3 is 30.4 Å². The number of ether oxygens (including phenoxy) is 2. The fraction of sp³-hybridized carbons (Fsp3) is 0.650. The van der Waals surface area contributed by atoms with Crippen LogP contribution < -0.4 is 16.6 Å². The molecule has 2 aliphatic rings. The quantitative estimate of drug-likeness (QED) is 0.116. The van der Waals surface area contributed by atoms with Crippen LogP contribution in [0, 0.1) is 12.8 Å². The number of anilines is 1. The maximum absolute atomic E-state index is 13.5. The van der Waals surface area contributed by atoms with Crippen LogP contribution in [-0.4, -0.2) is 64.0 Å². The van der Waals surface area contributed by atoms with Crippen molar-refractivity contribution < 1.29 is 19.1 Å². The lowest BCUT2D eigenvalue weighted by molar-refractivity contribution is -0.151. The summed E-state index contributed by atoms with van der Waals surface area (Å²) in [6, 6.07) is 7.39. The van der Waals surface area contributed by atoms with E-state index < -0.39 is 0 Å². The van der Waals surface area contributed by atoms with E-state index in [0.717, 1.165) is 69.8 Å². The third-order valence-electron chi connectivity index (χ3n) is 10.0. The zero-order valence-corrected chi connectivity index (χ0v) is 32.2. The van der Waals surface area contributed by atoms with E-state index in [2.05, 4.69) is 43.0 Å². The number of nitrogens with zero attached hydrogens (tertiary/aromatic N) is 2. The molecule has 1 aliphatic heterocycles. The molecule has 1 amide bonds.